The van der Waals surface area contributed by atoms with E-state index in [2.05, 4.69) is 6.58 Å². The fourth-order valence-corrected chi connectivity index (χ4v) is 1.99. The molecule has 0 spiro atoms. The highest BCUT2D eigenvalue weighted by Gasteiger charge is 2.24. The minimum Gasteiger partial charge on any atom is -0.444 e. The molecule has 0 radical (unpaired) electrons. The molecule has 0 aliphatic carbocycles. The summed E-state index contributed by atoms with van der Waals surface area (Å²) in [5.74, 6) is -0.0290. The van der Waals surface area contributed by atoms with Gasteiger partial charge < -0.3 is 4.74 Å². The van der Waals surface area contributed by atoms with Gasteiger partial charge in [0, 0.05) is 13.0 Å². The summed E-state index contributed by atoms with van der Waals surface area (Å²) < 4.78 is 5.42. The molecule has 0 aliphatic heterocycles. The summed E-state index contributed by atoms with van der Waals surface area (Å²) >= 11 is 0. The second-order valence-electron chi connectivity index (χ2n) is 6.64. The molecule has 0 atom stereocenters. The van der Waals surface area contributed by atoms with Crippen LogP contribution in [-0.4, -0.2) is 28.9 Å². The van der Waals surface area contributed by atoms with Crippen LogP contribution >= 0.6 is 0 Å². The predicted molar refractivity (Wildman–Crippen MR) is 92.1 cm³/mol. The molecule has 0 bridgehead atoms. The van der Waals surface area contributed by atoms with E-state index in [1.165, 1.54) is 4.90 Å². The SMILES string of the molecule is C=C(CC)CC(=O)CN(Cc1ccccc1)C(=O)OC(C)(C)C. The summed E-state index contributed by atoms with van der Waals surface area (Å²) in [6.45, 7) is 11.6. The van der Waals surface area contributed by atoms with Crippen LogP contribution in [0.15, 0.2) is 42.5 Å². The normalized spacial score (nSPS) is 11.0. The number of nitrogens with zero attached hydrogens (tertiary/aromatic N) is 1. The maximum absolute atomic E-state index is 12.4. The van der Waals surface area contributed by atoms with Crippen molar-refractivity contribution in [2.75, 3.05) is 6.54 Å². The van der Waals surface area contributed by atoms with Crippen LogP contribution in [0.5, 0.6) is 0 Å². The Balaban J connectivity index is 2.81. The van der Waals surface area contributed by atoms with E-state index in [0.717, 1.165) is 17.6 Å². The van der Waals surface area contributed by atoms with Gasteiger partial charge in [-0.1, -0.05) is 49.4 Å². The van der Waals surface area contributed by atoms with Crippen LogP contribution in [-0.2, 0) is 16.1 Å². The van der Waals surface area contributed by atoms with Crippen molar-refractivity contribution in [1.82, 2.24) is 4.90 Å². The molecule has 0 fully saturated rings. The fraction of sp³-hybridized carbons (Fsp3) is 0.474. The third kappa shape index (κ3) is 7.63. The summed E-state index contributed by atoms with van der Waals surface area (Å²) in [6, 6.07) is 9.57. The summed E-state index contributed by atoms with van der Waals surface area (Å²) in [6.07, 6.45) is 0.582. The van der Waals surface area contributed by atoms with Gasteiger partial charge in [0.15, 0.2) is 5.78 Å². The van der Waals surface area contributed by atoms with Crippen LogP contribution in [0.1, 0.15) is 46.1 Å². The standard InChI is InChI=1S/C19H27NO3/c1-6-15(2)12-17(21)14-20(18(22)23-19(3,4)5)13-16-10-8-7-9-11-16/h7-11H,2,6,12-14H2,1,3-5H3. The molecule has 0 heterocycles. The van der Waals surface area contributed by atoms with Crippen LogP contribution in [0.25, 0.3) is 0 Å². The number of allylic oxidation sites excluding steroid dienone is 1. The highest BCUT2D eigenvalue weighted by atomic mass is 16.6. The Morgan fingerprint density at radius 1 is 1.17 bits per heavy atom. The molecular formula is C19H27NO3. The molecular weight excluding hydrogens is 290 g/mol. The van der Waals surface area contributed by atoms with Crippen molar-refractivity contribution in [1.29, 1.82) is 0 Å². The van der Waals surface area contributed by atoms with Gasteiger partial charge in [-0.05, 0) is 32.8 Å². The average Bonchev–Trinajstić information content (AvgIpc) is 2.45. The van der Waals surface area contributed by atoms with E-state index in [9.17, 15) is 9.59 Å². The molecule has 1 rings (SSSR count). The summed E-state index contributed by atoms with van der Waals surface area (Å²) in [7, 11) is 0. The third-order valence-electron chi connectivity index (χ3n) is 3.18. The number of hydrogen-bond acceptors (Lipinski definition) is 3. The zero-order valence-electron chi connectivity index (χ0n) is 14.6. The second-order valence-corrected chi connectivity index (χ2v) is 6.64. The number of benzene rings is 1. The molecule has 0 saturated heterocycles. The molecule has 1 aromatic rings. The van der Waals surface area contributed by atoms with Crippen LogP contribution in [0.2, 0.25) is 0 Å². The number of ketones is 1. The lowest BCUT2D eigenvalue weighted by Gasteiger charge is -2.27. The van der Waals surface area contributed by atoms with Gasteiger partial charge in [-0.25, -0.2) is 4.79 Å². The average molecular weight is 317 g/mol. The molecule has 0 unspecified atom stereocenters. The summed E-state index contributed by atoms with van der Waals surface area (Å²) in [5, 5.41) is 0. The quantitative estimate of drug-likeness (QED) is 0.702. The van der Waals surface area contributed by atoms with Gasteiger partial charge in [0.2, 0.25) is 0 Å². The monoisotopic (exact) mass is 317 g/mol. The highest BCUT2D eigenvalue weighted by Crippen LogP contribution is 2.14. The molecule has 1 amide bonds. The van der Waals surface area contributed by atoms with Gasteiger partial charge in [0.25, 0.3) is 0 Å². The molecule has 0 saturated carbocycles. The van der Waals surface area contributed by atoms with Gasteiger partial charge in [0.1, 0.15) is 5.60 Å². The molecule has 0 N–H and O–H groups in total. The highest BCUT2D eigenvalue weighted by molar-refractivity contribution is 5.85. The Kier molecular flexibility index (Phi) is 7.01. The van der Waals surface area contributed by atoms with E-state index in [1.54, 1.807) is 0 Å². The number of rotatable bonds is 7. The van der Waals surface area contributed by atoms with E-state index in [0.29, 0.717) is 13.0 Å². The molecule has 0 aliphatic rings. The number of amides is 1. The Morgan fingerprint density at radius 3 is 2.30 bits per heavy atom. The van der Waals surface area contributed by atoms with E-state index in [1.807, 2.05) is 58.0 Å². The molecule has 0 aromatic heterocycles. The maximum Gasteiger partial charge on any atom is 0.410 e. The number of carbonyl (C=O) groups excluding carboxylic acids is 2. The molecule has 23 heavy (non-hydrogen) atoms. The third-order valence-corrected chi connectivity index (χ3v) is 3.18. The van der Waals surface area contributed by atoms with Crippen LogP contribution < -0.4 is 0 Å². The van der Waals surface area contributed by atoms with E-state index in [4.69, 9.17) is 4.74 Å². The van der Waals surface area contributed by atoms with Crippen LogP contribution in [0.4, 0.5) is 4.79 Å². The van der Waals surface area contributed by atoms with Crippen molar-refractivity contribution < 1.29 is 14.3 Å². The largest absolute Gasteiger partial charge is 0.444 e. The van der Waals surface area contributed by atoms with Crippen LogP contribution in [0, 0.1) is 0 Å². The lowest BCUT2D eigenvalue weighted by molar-refractivity contribution is -0.119. The topological polar surface area (TPSA) is 46.6 Å². The van der Waals surface area contributed by atoms with E-state index >= 15 is 0 Å². The summed E-state index contributed by atoms with van der Waals surface area (Å²) in [4.78, 5) is 26.0. The number of Topliss-reactive ketones (excluding diaryl/α,β-unsaturated/α-hetero) is 1. The minimum absolute atomic E-state index is 0.0290. The summed E-state index contributed by atoms with van der Waals surface area (Å²) in [5.41, 5.74) is 1.24. The first-order chi connectivity index (χ1) is 10.7. The van der Waals surface area contributed by atoms with Crippen molar-refractivity contribution in [3.05, 3.63) is 48.0 Å². The fourth-order valence-electron chi connectivity index (χ4n) is 1.99. The van der Waals surface area contributed by atoms with Crippen LogP contribution in [0.3, 0.4) is 0 Å². The maximum atomic E-state index is 12.4. The van der Waals surface area contributed by atoms with Crippen molar-refractivity contribution in [3.63, 3.8) is 0 Å². The first kappa shape index (κ1) is 18.9. The van der Waals surface area contributed by atoms with E-state index < -0.39 is 11.7 Å². The molecule has 4 nitrogen and oxygen atoms in total. The van der Waals surface area contributed by atoms with Gasteiger partial charge in [0.05, 0.1) is 6.54 Å². The Labute approximate surface area is 139 Å². The first-order valence-corrected chi connectivity index (χ1v) is 7.91. The van der Waals surface area contributed by atoms with Gasteiger partial charge in [-0.3, -0.25) is 9.69 Å². The molecule has 1 aromatic carbocycles. The van der Waals surface area contributed by atoms with E-state index in [-0.39, 0.29) is 12.3 Å². The molecule has 126 valence electrons. The Bertz CT molecular complexity index is 543. The first-order valence-electron chi connectivity index (χ1n) is 7.91. The van der Waals surface area contributed by atoms with Gasteiger partial charge >= 0.3 is 6.09 Å². The predicted octanol–water partition coefficient (Wildman–Crippen LogP) is 4.35. The number of carbonyl (C=O) groups is 2. The zero-order valence-corrected chi connectivity index (χ0v) is 14.6. The second kappa shape index (κ2) is 8.51. The number of ether oxygens (including phenoxy) is 1. The molecule has 4 heteroatoms. The van der Waals surface area contributed by atoms with Crippen molar-refractivity contribution in [3.8, 4) is 0 Å². The smallest absolute Gasteiger partial charge is 0.410 e. The Hall–Kier alpha value is -2.10. The Morgan fingerprint density at radius 2 is 1.78 bits per heavy atom. The van der Waals surface area contributed by atoms with Crippen molar-refractivity contribution >= 4 is 11.9 Å². The zero-order chi connectivity index (χ0) is 17.5. The van der Waals surface area contributed by atoms with Gasteiger partial charge in [-0.15, -0.1) is 0 Å². The lowest BCUT2D eigenvalue weighted by atomic mass is 10.1. The van der Waals surface area contributed by atoms with Crippen molar-refractivity contribution in [2.24, 2.45) is 0 Å². The lowest BCUT2D eigenvalue weighted by Crippen LogP contribution is -2.39. The minimum atomic E-state index is -0.595. The number of hydrogen-bond donors (Lipinski definition) is 0. The van der Waals surface area contributed by atoms with Crippen molar-refractivity contribution in [2.45, 2.75) is 52.7 Å². The van der Waals surface area contributed by atoms with Gasteiger partial charge in [-0.2, -0.15) is 0 Å².